The molecule has 2 atom stereocenters. The Morgan fingerprint density at radius 3 is 2.80 bits per heavy atom. The highest BCUT2D eigenvalue weighted by molar-refractivity contribution is 4.77. The van der Waals surface area contributed by atoms with E-state index in [4.69, 9.17) is 5.73 Å². The highest BCUT2D eigenvalue weighted by Gasteiger charge is 2.19. The van der Waals surface area contributed by atoms with Crippen molar-refractivity contribution in [1.82, 2.24) is 10.2 Å². The van der Waals surface area contributed by atoms with E-state index < -0.39 is 0 Å². The fraction of sp³-hybridized carbons (Fsp3) is 1.00. The Kier molecular flexibility index (Phi) is 2.65. The molecule has 0 saturated carbocycles. The second-order valence-electron chi connectivity index (χ2n) is 3.03. The average Bonchev–Trinajstić information content (AvgIpc) is 1.88. The Balaban J connectivity index is 2.40. The molecule has 3 nitrogen and oxygen atoms in total. The van der Waals surface area contributed by atoms with Crippen LogP contribution in [0, 0.1) is 0 Å². The maximum atomic E-state index is 5.76. The molecule has 1 aliphatic rings. The van der Waals surface area contributed by atoms with Crippen molar-refractivity contribution in [3.05, 3.63) is 0 Å². The Hall–Kier alpha value is -0.120. The van der Waals surface area contributed by atoms with E-state index in [1.165, 1.54) is 0 Å². The number of rotatable bonds is 1. The molecule has 3 heteroatoms. The first-order valence-corrected chi connectivity index (χ1v) is 3.94. The van der Waals surface area contributed by atoms with Gasteiger partial charge in [0, 0.05) is 25.7 Å². The van der Waals surface area contributed by atoms with Gasteiger partial charge in [0.25, 0.3) is 0 Å². The lowest BCUT2D eigenvalue weighted by Gasteiger charge is -2.36. The smallest absolute Gasteiger partial charge is 0.0546 e. The maximum Gasteiger partial charge on any atom is 0.0546 e. The largest absolute Gasteiger partial charge is 0.316 e. The second-order valence-corrected chi connectivity index (χ2v) is 3.03. The predicted octanol–water partition coefficient (Wildman–Crippen LogP) is -0.415. The summed E-state index contributed by atoms with van der Waals surface area (Å²) in [5.74, 6) is 0. The van der Waals surface area contributed by atoms with Gasteiger partial charge in [-0.3, -0.25) is 4.90 Å². The van der Waals surface area contributed by atoms with E-state index in [1.807, 2.05) is 6.92 Å². The van der Waals surface area contributed by atoms with Crippen LogP contribution in [0.3, 0.4) is 0 Å². The van der Waals surface area contributed by atoms with Gasteiger partial charge in [-0.25, -0.2) is 0 Å². The summed E-state index contributed by atoms with van der Waals surface area (Å²) >= 11 is 0. The molecule has 2 unspecified atom stereocenters. The molecule has 3 N–H and O–H groups in total. The molecule has 0 aromatic carbocycles. The third-order valence-corrected chi connectivity index (χ3v) is 2.08. The van der Waals surface area contributed by atoms with Crippen LogP contribution in [0.25, 0.3) is 0 Å². The first-order valence-electron chi connectivity index (χ1n) is 3.94. The number of hydrogen-bond donors (Lipinski definition) is 2. The molecule has 0 aromatic rings. The van der Waals surface area contributed by atoms with Gasteiger partial charge in [0.15, 0.2) is 0 Å². The van der Waals surface area contributed by atoms with E-state index in [2.05, 4.69) is 17.1 Å². The molecule has 0 radical (unpaired) electrons. The number of piperazine rings is 1. The summed E-state index contributed by atoms with van der Waals surface area (Å²) in [5.41, 5.74) is 5.76. The Bertz CT molecular complexity index is 103. The van der Waals surface area contributed by atoms with Gasteiger partial charge >= 0.3 is 0 Å². The van der Waals surface area contributed by atoms with E-state index in [0.717, 1.165) is 19.6 Å². The van der Waals surface area contributed by atoms with Crippen molar-refractivity contribution in [1.29, 1.82) is 0 Å². The van der Waals surface area contributed by atoms with E-state index in [9.17, 15) is 0 Å². The molecule has 1 aliphatic heterocycles. The Labute approximate surface area is 62.6 Å². The molecule has 0 spiro atoms. The van der Waals surface area contributed by atoms with Crippen LogP contribution in [0.4, 0.5) is 0 Å². The maximum absolute atomic E-state index is 5.76. The van der Waals surface area contributed by atoms with Crippen molar-refractivity contribution in [3.8, 4) is 0 Å². The standard InChI is InChI=1S/C7H17N3/c1-6-5-9-3-4-10(6)7(2)8/h6-7,9H,3-5,8H2,1-2H3. The minimum atomic E-state index is 0.206. The van der Waals surface area contributed by atoms with Crippen LogP contribution in [0.15, 0.2) is 0 Å². The number of hydrogen-bond acceptors (Lipinski definition) is 3. The fourth-order valence-electron chi connectivity index (χ4n) is 1.46. The molecule has 1 fully saturated rings. The Morgan fingerprint density at radius 1 is 1.70 bits per heavy atom. The van der Waals surface area contributed by atoms with Gasteiger partial charge in [0.05, 0.1) is 6.17 Å². The van der Waals surface area contributed by atoms with Crippen LogP contribution in [0.1, 0.15) is 13.8 Å². The summed E-state index contributed by atoms with van der Waals surface area (Å²) in [6.45, 7) is 7.48. The minimum Gasteiger partial charge on any atom is -0.316 e. The molecule has 10 heavy (non-hydrogen) atoms. The number of nitrogens with two attached hydrogens (primary N) is 1. The molecule has 0 amide bonds. The SMILES string of the molecule is CC(N)N1CCNCC1C. The topological polar surface area (TPSA) is 41.3 Å². The molecular formula is C7H17N3. The normalized spacial score (nSPS) is 32.1. The molecule has 1 heterocycles. The van der Waals surface area contributed by atoms with Crippen LogP contribution in [-0.4, -0.2) is 36.7 Å². The molecule has 0 bridgehead atoms. The van der Waals surface area contributed by atoms with Crippen LogP contribution in [0.2, 0.25) is 0 Å². The van der Waals surface area contributed by atoms with Gasteiger partial charge in [-0.2, -0.15) is 0 Å². The molecule has 1 rings (SSSR count). The van der Waals surface area contributed by atoms with Crippen molar-refractivity contribution in [2.45, 2.75) is 26.1 Å². The lowest BCUT2D eigenvalue weighted by molar-refractivity contribution is 0.129. The fourth-order valence-corrected chi connectivity index (χ4v) is 1.46. The van der Waals surface area contributed by atoms with E-state index in [-0.39, 0.29) is 6.17 Å². The molecule has 1 saturated heterocycles. The first kappa shape index (κ1) is 7.98. The summed E-state index contributed by atoms with van der Waals surface area (Å²) in [6.07, 6.45) is 0.206. The van der Waals surface area contributed by atoms with Crippen LogP contribution in [-0.2, 0) is 0 Å². The highest BCUT2D eigenvalue weighted by Crippen LogP contribution is 2.03. The van der Waals surface area contributed by atoms with Crippen molar-refractivity contribution in [2.75, 3.05) is 19.6 Å². The van der Waals surface area contributed by atoms with Gasteiger partial charge in [-0.1, -0.05) is 0 Å². The van der Waals surface area contributed by atoms with Crippen LogP contribution >= 0.6 is 0 Å². The molecular weight excluding hydrogens is 126 g/mol. The van der Waals surface area contributed by atoms with Gasteiger partial charge in [-0.05, 0) is 13.8 Å². The zero-order valence-electron chi connectivity index (χ0n) is 6.80. The average molecular weight is 143 g/mol. The molecule has 0 aromatic heterocycles. The third-order valence-electron chi connectivity index (χ3n) is 2.08. The van der Waals surface area contributed by atoms with Gasteiger partial charge < -0.3 is 11.1 Å². The third kappa shape index (κ3) is 1.68. The van der Waals surface area contributed by atoms with Gasteiger partial charge in [0.1, 0.15) is 0 Å². The molecule has 60 valence electrons. The minimum absolute atomic E-state index is 0.206. The molecule has 0 aliphatic carbocycles. The zero-order chi connectivity index (χ0) is 7.56. The van der Waals surface area contributed by atoms with Crippen molar-refractivity contribution >= 4 is 0 Å². The van der Waals surface area contributed by atoms with Crippen LogP contribution < -0.4 is 11.1 Å². The van der Waals surface area contributed by atoms with E-state index >= 15 is 0 Å². The summed E-state index contributed by atoms with van der Waals surface area (Å²) in [6, 6.07) is 0.591. The highest BCUT2D eigenvalue weighted by atomic mass is 15.3. The second kappa shape index (κ2) is 3.32. The lowest BCUT2D eigenvalue weighted by Crippen LogP contribution is -2.55. The summed E-state index contributed by atoms with van der Waals surface area (Å²) in [7, 11) is 0. The summed E-state index contributed by atoms with van der Waals surface area (Å²) < 4.78 is 0. The summed E-state index contributed by atoms with van der Waals surface area (Å²) in [5, 5.41) is 3.32. The predicted molar refractivity (Wildman–Crippen MR) is 42.7 cm³/mol. The van der Waals surface area contributed by atoms with E-state index in [1.54, 1.807) is 0 Å². The first-order chi connectivity index (χ1) is 4.72. The number of nitrogens with zero attached hydrogens (tertiary/aromatic N) is 1. The van der Waals surface area contributed by atoms with Gasteiger partial charge in [0.2, 0.25) is 0 Å². The Morgan fingerprint density at radius 2 is 2.40 bits per heavy atom. The lowest BCUT2D eigenvalue weighted by atomic mass is 10.2. The van der Waals surface area contributed by atoms with Crippen molar-refractivity contribution < 1.29 is 0 Å². The number of nitrogens with one attached hydrogen (secondary N) is 1. The quantitative estimate of drug-likeness (QED) is 0.524. The van der Waals surface area contributed by atoms with Crippen LogP contribution in [0.5, 0.6) is 0 Å². The summed E-state index contributed by atoms with van der Waals surface area (Å²) in [4.78, 5) is 2.32. The van der Waals surface area contributed by atoms with E-state index in [0.29, 0.717) is 6.04 Å². The van der Waals surface area contributed by atoms with Crippen molar-refractivity contribution in [3.63, 3.8) is 0 Å². The zero-order valence-corrected chi connectivity index (χ0v) is 6.80. The van der Waals surface area contributed by atoms with Gasteiger partial charge in [-0.15, -0.1) is 0 Å². The monoisotopic (exact) mass is 143 g/mol. The van der Waals surface area contributed by atoms with Crippen molar-refractivity contribution in [2.24, 2.45) is 5.73 Å².